The van der Waals surface area contributed by atoms with Crippen LogP contribution in [0, 0.1) is 0 Å². The number of carbonyl (C=O) groups excluding carboxylic acids is 1. The Bertz CT molecular complexity index is 477. The molecule has 22 heavy (non-hydrogen) atoms. The number of amides is 1. The maximum absolute atomic E-state index is 12.4. The molecule has 0 aliphatic carbocycles. The van der Waals surface area contributed by atoms with Crippen LogP contribution < -0.4 is 5.32 Å². The van der Waals surface area contributed by atoms with E-state index in [0.717, 1.165) is 51.9 Å². The molecule has 0 saturated carbocycles. The Balaban J connectivity index is 1.54. The number of nitrogens with zero attached hydrogens (tertiary/aromatic N) is 3. The fourth-order valence-electron chi connectivity index (χ4n) is 3.00. The predicted molar refractivity (Wildman–Crippen MR) is 83.9 cm³/mol. The number of rotatable bonds is 4. The Kier molecular flexibility index (Phi) is 5.21. The highest BCUT2D eigenvalue weighted by molar-refractivity contribution is 5.93. The molecule has 120 valence electrons. The lowest BCUT2D eigenvalue weighted by molar-refractivity contribution is 0.0761. The first kappa shape index (κ1) is 15.2. The van der Waals surface area contributed by atoms with Gasteiger partial charge in [0.05, 0.1) is 11.7 Å². The van der Waals surface area contributed by atoms with Crippen LogP contribution in [-0.2, 0) is 4.74 Å². The highest BCUT2D eigenvalue weighted by atomic mass is 16.5. The quantitative estimate of drug-likeness (QED) is 0.922. The monoisotopic (exact) mass is 304 g/mol. The van der Waals surface area contributed by atoms with Crippen molar-refractivity contribution in [3.05, 3.63) is 18.0 Å². The predicted octanol–water partition coefficient (Wildman–Crippen LogP) is 2.08. The standard InChI is InChI=1S/C16H24N4O2/c21-15(20-7-3-1-2-4-8-20)13-10-17-16(18-11-13)19-12-14-6-5-9-22-14/h10-11,14H,1-9,12H2,(H,17,18,19). The Morgan fingerprint density at radius 1 is 1.18 bits per heavy atom. The van der Waals surface area contributed by atoms with Gasteiger partial charge in [-0.25, -0.2) is 9.97 Å². The van der Waals surface area contributed by atoms with Crippen molar-refractivity contribution >= 4 is 11.9 Å². The van der Waals surface area contributed by atoms with Gasteiger partial charge in [0.2, 0.25) is 5.95 Å². The molecule has 0 spiro atoms. The molecule has 0 radical (unpaired) electrons. The van der Waals surface area contributed by atoms with Crippen LogP contribution in [0.3, 0.4) is 0 Å². The molecule has 2 aliphatic heterocycles. The van der Waals surface area contributed by atoms with Crippen molar-refractivity contribution < 1.29 is 9.53 Å². The van der Waals surface area contributed by atoms with Crippen molar-refractivity contribution in [1.29, 1.82) is 0 Å². The summed E-state index contributed by atoms with van der Waals surface area (Å²) in [5.41, 5.74) is 0.574. The molecule has 0 aromatic carbocycles. The van der Waals surface area contributed by atoms with Gasteiger partial charge in [-0.2, -0.15) is 0 Å². The summed E-state index contributed by atoms with van der Waals surface area (Å²) in [6.45, 7) is 3.26. The van der Waals surface area contributed by atoms with Gasteiger partial charge >= 0.3 is 0 Å². The first-order valence-electron chi connectivity index (χ1n) is 8.30. The molecule has 1 N–H and O–H groups in total. The number of ether oxygens (including phenoxy) is 1. The van der Waals surface area contributed by atoms with Gasteiger partial charge in [-0.05, 0) is 25.7 Å². The van der Waals surface area contributed by atoms with E-state index in [1.54, 1.807) is 12.4 Å². The number of likely N-dealkylation sites (tertiary alicyclic amines) is 1. The zero-order valence-electron chi connectivity index (χ0n) is 13.0. The first-order valence-corrected chi connectivity index (χ1v) is 8.30. The lowest BCUT2D eigenvalue weighted by atomic mass is 10.2. The second-order valence-corrected chi connectivity index (χ2v) is 6.02. The third-order valence-electron chi connectivity index (χ3n) is 4.30. The molecule has 3 heterocycles. The summed E-state index contributed by atoms with van der Waals surface area (Å²) in [5, 5.41) is 3.17. The molecule has 2 aliphatic rings. The van der Waals surface area contributed by atoms with E-state index in [9.17, 15) is 4.79 Å². The van der Waals surface area contributed by atoms with Gasteiger partial charge in [0, 0.05) is 38.6 Å². The van der Waals surface area contributed by atoms with E-state index in [2.05, 4.69) is 15.3 Å². The zero-order valence-corrected chi connectivity index (χ0v) is 13.0. The van der Waals surface area contributed by atoms with Gasteiger partial charge < -0.3 is 15.0 Å². The number of anilines is 1. The second kappa shape index (κ2) is 7.54. The van der Waals surface area contributed by atoms with Crippen LogP contribution in [-0.4, -0.2) is 53.1 Å². The van der Waals surface area contributed by atoms with E-state index >= 15 is 0 Å². The third kappa shape index (κ3) is 3.94. The van der Waals surface area contributed by atoms with Crippen LogP contribution >= 0.6 is 0 Å². The Labute approximate surface area is 131 Å². The second-order valence-electron chi connectivity index (χ2n) is 6.02. The van der Waals surface area contributed by atoms with Crippen molar-refractivity contribution in [1.82, 2.24) is 14.9 Å². The van der Waals surface area contributed by atoms with Gasteiger partial charge in [-0.1, -0.05) is 12.8 Å². The summed E-state index contributed by atoms with van der Waals surface area (Å²) >= 11 is 0. The molecule has 1 amide bonds. The summed E-state index contributed by atoms with van der Waals surface area (Å²) in [6.07, 6.45) is 10.3. The minimum atomic E-state index is 0.0487. The van der Waals surface area contributed by atoms with Crippen LogP contribution in [0.2, 0.25) is 0 Å². The van der Waals surface area contributed by atoms with Crippen molar-refractivity contribution in [3.8, 4) is 0 Å². The maximum atomic E-state index is 12.4. The average molecular weight is 304 g/mol. The minimum Gasteiger partial charge on any atom is -0.376 e. The van der Waals surface area contributed by atoms with Gasteiger partial charge in [-0.15, -0.1) is 0 Å². The first-order chi connectivity index (χ1) is 10.8. The van der Waals surface area contributed by atoms with Crippen LogP contribution in [0.15, 0.2) is 12.4 Å². The summed E-state index contributed by atoms with van der Waals surface area (Å²) in [5.74, 6) is 0.607. The average Bonchev–Trinajstić information content (AvgIpc) is 2.93. The number of nitrogens with one attached hydrogen (secondary N) is 1. The largest absolute Gasteiger partial charge is 0.376 e. The number of aromatic nitrogens is 2. The fourth-order valence-corrected chi connectivity index (χ4v) is 3.00. The Morgan fingerprint density at radius 2 is 1.91 bits per heavy atom. The normalized spacial score (nSPS) is 22.4. The van der Waals surface area contributed by atoms with Crippen LogP contribution in [0.5, 0.6) is 0 Å². The van der Waals surface area contributed by atoms with Gasteiger partial charge in [-0.3, -0.25) is 4.79 Å². The summed E-state index contributed by atoms with van der Waals surface area (Å²) in [6, 6.07) is 0. The molecular formula is C16H24N4O2. The fraction of sp³-hybridized carbons (Fsp3) is 0.688. The van der Waals surface area contributed by atoms with Crippen LogP contribution in [0.1, 0.15) is 48.9 Å². The van der Waals surface area contributed by atoms with Gasteiger partial charge in [0.1, 0.15) is 0 Å². The van der Waals surface area contributed by atoms with E-state index < -0.39 is 0 Å². The Morgan fingerprint density at radius 3 is 2.55 bits per heavy atom. The van der Waals surface area contributed by atoms with E-state index in [1.165, 1.54) is 12.8 Å². The highest BCUT2D eigenvalue weighted by Gasteiger charge is 2.18. The summed E-state index contributed by atoms with van der Waals surface area (Å²) in [4.78, 5) is 22.9. The zero-order chi connectivity index (χ0) is 15.2. The number of hydrogen-bond donors (Lipinski definition) is 1. The van der Waals surface area contributed by atoms with E-state index in [4.69, 9.17) is 4.74 Å². The SMILES string of the molecule is O=C(c1cnc(NCC2CCCO2)nc1)N1CCCCCC1. The molecule has 1 unspecified atom stereocenters. The minimum absolute atomic E-state index is 0.0487. The lowest BCUT2D eigenvalue weighted by Crippen LogP contribution is -2.32. The third-order valence-corrected chi connectivity index (χ3v) is 4.30. The van der Waals surface area contributed by atoms with E-state index in [1.807, 2.05) is 4.90 Å². The van der Waals surface area contributed by atoms with Crippen molar-refractivity contribution in [2.45, 2.75) is 44.6 Å². The molecule has 1 aromatic rings. The van der Waals surface area contributed by atoms with Crippen molar-refractivity contribution in [2.75, 3.05) is 31.6 Å². The van der Waals surface area contributed by atoms with Crippen molar-refractivity contribution in [2.24, 2.45) is 0 Å². The van der Waals surface area contributed by atoms with E-state index in [-0.39, 0.29) is 12.0 Å². The van der Waals surface area contributed by atoms with Gasteiger partial charge in [0.15, 0.2) is 0 Å². The van der Waals surface area contributed by atoms with Crippen LogP contribution in [0.25, 0.3) is 0 Å². The smallest absolute Gasteiger partial charge is 0.256 e. The van der Waals surface area contributed by atoms with Gasteiger partial charge in [0.25, 0.3) is 5.91 Å². The van der Waals surface area contributed by atoms with Crippen molar-refractivity contribution in [3.63, 3.8) is 0 Å². The topological polar surface area (TPSA) is 67.3 Å². The molecule has 2 saturated heterocycles. The number of hydrogen-bond acceptors (Lipinski definition) is 5. The summed E-state index contributed by atoms with van der Waals surface area (Å²) in [7, 11) is 0. The molecule has 6 nitrogen and oxygen atoms in total. The molecule has 0 bridgehead atoms. The lowest BCUT2D eigenvalue weighted by Gasteiger charge is -2.20. The maximum Gasteiger partial charge on any atom is 0.256 e. The molecule has 2 fully saturated rings. The van der Waals surface area contributed by atoms with E-state index in [0.29, 0.717) is 11.5 Å². The molecule has 6 heteroatoms. The van der Waals surface area contributed by atoms with Crippen LogP contribution in [0.4, 0.5) is 5.95 Å². The Hall–Kier alpha value is -1.69. The molecule has 3 rings (SSSR count). The number of carbonyl (C=O) groups is 1. The molecule has 1 aromatic heterocycles. The molecule has 1 atom stereocenters. The summed E-state index contributed by atoms with van der Waals surface area (Å²) < 4.78 is 5.55. The highest BCUT2D eigenvalue weighted by Crippen LogP contribution is 2.14. The molecular weight excluding hydrogens is 280 g/mol.